The SMILES string of the molecule is CCc1ccccc1NC(=O)/C=C/c1cnc2sccn12. The lowest BCUT2D eigenvalue weighted by Gasteiger charge is -2.07. The van der Waals surface area contributed by atoms with Crippen molar-refractivity contribution in [3.63, 3.8) is 0 Å². The van der Waals surface area contributed by atoms with Crippen LogP contribution >= 0.6 is 11.3 Å². The second-order valence-corrected chi connectivity index (χ2v) is 5.44. The number of nitrogens with zero attached hydrogens (tertiary/aromatic N) is 2. The summed E-state index contributed by atoms with van der Waals surface area (Å²) in [5.41, 5.74) is 2.89. The van der Waals surface area contributed by atoms with Gasteiger partial charge in [0, 0.05) is 23.3 Å². The molecule has 0 saturated heterocycles. The number of carbonyl (C=O) groups is 1. The third-order valence-corrected chi connectivity index (χ3v) is 4.01. The summed E-state index contributed by atoms with van der Waals surface area (Å²) in [6.45, 7) is 2.07. The highest BCUT2D eigenvalue weighted by atomic mass is 32.1. The Kier molecular flexibility index (Phi) is 3.83. The first-order valence-corrected chi connectivity index (χ1v) is 7.63. The van der Waals surface area contributed by atoms with Gasteiger partial charge in [-0.2, -0.15) is 0 Å². The Labute approximate surface area is 126 Å². The van der Waals surface area contributed by atoms with Crippen LogP contribution in [0.1, 0.15) is 18.2 Å². The van der Waals surface area contributed by atoms with E-state index in [1.165, 1.54) is 6.08 Å². The minimum atomic E-state index is -0.138. The Balaban J connectivity index is 1.74. The molecule has 0 unspecified atom stereocenters. The number of amides is 1. The fraction of sp³-hybridized carbons (Fsp3) is 0.125. The number of carbonyl (C=O) groups excluding carboxylic acids is 1. The van der Waals surface area contributed by atoms with E-state index < -0.39 is 0 Å². The first kappa shape index (κ1) is 13.6. The van der Waals surface area contributed by atoms with E-state index in [4.69, 9.17) is 0 Å². The molecule has 0 spiro atoms. The third-order valence-electron chi connectivity index (χ3n) is 3.24. The highest BCUT2D eigenvalue weighted by molar-refractivity contribution is 7.15. The van der Waals surface area contributed by atoms with Crippen LogP contribution in [0.5, 0.6) is 0 Å². The maximum absolute atomic E-state index is 12.0. The number of fused-ring (bicyclic) bond motifs is 1. The van der Waals surface area contributed by atoms with Crippen molar-refractivity contribution >= 4 is 34.0 Å². The van der Waals surface area contributed by atoms with Gasteiger partial charge in [0.15, 0.2) is 4.96 Å². The van der Waals surface area contributed by atoms with Crippen LogP contribution in [0, 0.1) is 0 Å². The molecule has 2 aromatic heterocycles. The quantitative estimate of drug-likeness (QED) is 0.748. The zero-order chi connectivity index (χ0) is 14.7. The Morgan fingerprint density at radius 1 is 1.43 bits per heavy atom. The van der Waals surface area contributed by atoms with E-state index >= 15 is 0 Å². The molecule has 0 aliphatic heterocycles. The van der Waals surface area contributed by atoms with Gasteiger partial charge in [0.05, 0.1) is 11.9 Å². The second-order valence-electron chi connectivity index (χ2n) is 4.57. The number of imidazole rings is 1. The van der Waals surface area contributed by atoms with Crippen LogP contribution < -0.4 is 5.32 Å². The molecule has 1 N–H and O–H groups in total. The van der Waals surface area contributed by atoms with Crippen LogP contribution in [0.25, 0.3) is 11.0 Å². The summed E-state index contributed by atoms with van der Waals surface area (Å²) in [5, 5.41) is 4.88. The standard InChI is InChI=1S/C16H15N3OS/c1-2-12-5-3-4-6-14(12)18-15(20)8-7-13-11-17-16-19(13)9-10-21-16/h3-11H,2H2,1H3,(H,18,20)/b8-7+. The van der Waals surface area contributed by atoms with Gasteiger partial charge in [-0.25, -0.2) is 4.98 Å². The Bertz CT molecular complexity index is 801. The average Bonchev–Trinajstić information content (AvgIpc) is 3.09. The van der Waals surface area contributed by atoms with Gasteiger partial charge in [0.1, 0.15) is 0 Å². The van der Waals surface area contributed by atoms with Crippen LogP contribution in [-0.2, 0) is 11.2 Å². The number of hydrogen-bond acceptors (Lipinski definition) is 3. The number of hydrogen-bond donors (Lipinski definition) is 1. The number of nitrogens with one attached hydrogen (secondary N) is 1. The Hall–Kier alpha value is -2.40. The van der Waals surface area contributed by atoms with Gasteiger partial charge in [-0.1, -0.05) is 25.1 Å². The van der Waals surface area contributed by atoms with Crippen molar-refractivity contribution in [1.29, 1.82) is 0 Å². The minimum Gasteiger partial charge on any atom is -0.322 e. The molecule has 5 heteroatoms. The second kappa shape index (κ2) is 5.93. The van der Waals surface area contributed by atoms with Crippen LogP contribution in [0.15, 0.2) is 48.1 Å². The van der Waals surface area contributed by atoms with Crippen LogP contribution in [-0.4, -0.2) is 15.3 Å². The molecule has 1 aromatic carbocycles. The van der Waals surface area contributed by atoms with Gasteiger partial charge >= 0.3 is 0 Å². The monoisotopic (exact) mass is 297 g/mol. The van der Waals surface area contributed by atoms with Crippen molar-refractivity contribution in [2.75, 3.05) is 5.32 Å². The minimum absolute atomic E-state index is 0.138. The molecule has 0 aliphatic carbocycles. The largest absolute Gasteiger partial charge is 0.322 e. The van der Waals surface area contributed by atoms with E-state index in [0.717, 1.165) is 28.3 Å². The predicted octanol–water partition coefficient (Wildman–Crippen LogP) is 3.61. The first-order valence-electron chi connectivity index (χ1n) is 6.75. The van der Waals surface area contributed by atoms with E-state index in [-0.39, 0.29) is 5.91 Å². The zero-order valence-electron chi connectivity index (χ0n) is 11.6. The molecule has 4 nitrogen and oxygen atoms in total. The third kappa shape index (κ3) is 2.87. The van der Waals surface area contributed by atoms with E-state index in [9.17, 15) is 4.79 Å². The predicted molar refractivity (Wildman–Crippen MR) is 86.6 cm³/mol. The highest BCUT2D eigenvalue weighted by Gasteiger charge is 2.04. The van der Waals surface area contributed by atoms with Crippen molar-refractivity contribution in [3.05, 3.63) is 59.4 Å². The van der Waals surface area contributed by atoms with Crippen molar-refractivity contribution in [2.24, 2.45) is 0 Å². The van der Waals surface area contributed by atoms with Crippen molar-refractivity contribution in [3.8, 4) is 0 Å². The number of anilines is 1. The molecular weight excluding hydrogens is 282 g/mol. The number of benzene rings is 1. The summed E-state index contributed by atoms with van der Waals surface area (Å²) in [5.74, 6) is -0.138. The summed E-state index contributed by atoms with van der Waals surface area (Å²) >= 11 is 1.57. The van der Waals surface area contributed by atoms with Gasteiger partial charge in [0.2, 0.25) is 5.91 Å². The van der Waals surface area contributed by atoms with Gasteiger partial charge in [0.25, 0.3) is 0 Å². The first-order chi connectivity index (χ1) is 10.3. The molecule has 0 fully saturated rings. The molecule has 2 heterocycles. The lowest BCUT2D eigenvalue weighted by molar-refractivity contribution is -0.111. The van der Waals surface area contributed by atoms with Crippen LogP contribution in [0.2, 0.25) is 0 Å². The number of aromatic nitrogens is 2. The normalized spacial score (nSPS) is 11.3. The smallest absolute Gasteiger partial charge is 0.248 e. The molecular formula is C16H15N3OS. The van der Waals surface area contributed by atoms with E-state index in [1.54, 1.807) is 23.6 Å². The van der Waals surface area contributed by atoms with Crippen molar-refractivity contribution < 1.29 is 4.79 Å². The summed E-state index contributed by atoms with van der Waals surface area (Å²) in [7, 11) is 0. The maximum Gasteiger partial charge on any atom is 0.248 e. The molecule has 0 saturated carbocycles. The number of aryl methyl sites for hydroxylation is 1. The molecule has 0 radical (unpaired) electrons. The van der Waals surface area contributed by atoms with Gasteiger partial charge in [-0.3, -0.25) is 9.20 Å². The van der Waals surface area contributed by atoms with Gasteiger partial charge in [-0.15, -0.1) is 11.3 Å². The summed E-state index contributed by atoms with van der Waals surface area (Å²) < 4.78 is 1.95. The fourth-order valence-corrected chi connectivity index (χ4v) is 2.85. The molecule has 0 aliphatic rings. The van der Waals surface area contributed by atoms with Crippen molar-refractivity contribution in [1.82, 2.24) is 9.38 Å². The molecule has 106 valence electrons. The lowest BCUT2D eigenvalue weighted by Crippen LogP contribution is -2.09. The Morgan fingerprint density at radius 2 is 2.29 bits per heavy atom. The summed E-state index contributed by atoms with van der Waals surface area (Å²) in [4.78, 5) is 17.2. The van der Waals surface area contributed by atoms with E-state index in [2.05, 4.69) is 17.2 Å². The van der Waals surface area contributed by atoms with Crippen LogP contribution in [0.4, 0.5) is 5.69 Å². The highest BCUT2D eigenvalue weighted by Crippen LogP contribution is 2.16. The molecule has 0 bridgehead atoms. The number of thiazole rings is 1. The zero-order valence-corrected chi connectivity index (χ0v) is 12.4. The maximum atomic E-state index is 12.0. The average molecular weight is 297 g/mol. The molecule has 21 heavy (non-hydrogen) atoms. The molecule has 3 aromatic rings. The lowest BCUT2D eigenvalue weighted by atomic mass is 10.1. The van der Waals surface area contributed by atoms with Crippen molar-refractivity contribution in [2.45, 2.75) is 13.3 Å². The fourth-order valence-electron chi connectivity index (χ4n) is 2.15. The Morgan fingerprint density at radius 3 is 3.14 bits per heavy atom. The van der Waals surface area contributed by atoms with Gasteiger partial charge < -0.3 is 5.32 Å². The molecule has 3 rings (SSSR count). The summed E-state index contributed by atoms with van der Waals surface area (Å²) in [6.07, 6.45) is 7.90. The van der Waals surface area contributed by atoms with E-state index in [0.29, 0.717) is 0 Å². The van der Waals surface area contributed by atoms with Gasteiger partial charge in [-0.05, 0) is 24.1 Å². The topological polar surface area (TPSA) is 46.4 Å². The number of para-hydroxylation sites is 1. The van der Waals surface area contributed by atoms with E-state index in [1.807, 2.05) is 40.2 Å². The summed E-state index contributed by atoms with van der Waals surface area (Å²) in [6, 6.07) is 7.83. The van der Waals surface area contributed by atoms with Crippen LogP contribution in [0.3, 0.4) is 0 Å². The number of rotatable bonds is 4. The molecule has 0 atom stereocenters. The molecule has 1 amide bonds.